The van der Waals surface area contributed by atoms with Crippen molar-refractivity contribution >= 4 is 23.8 Å². The fourth-order valence-electron chi connectivity index (χ4n) is 3.21. The summed E-state index contributed by atoms with van der Waals surface area (Å²) in [7, 11) is 2.10. The van der Waals surface area contributed by atoms with Crippen molar-refractivity contribution in [2.45, 2.75) is 18.9 Å². The van der Waals surface area contributed by atoms with Crippen LogP contribution in [0.5, 0.6) is 0 Å². The van der Waals surface area contributed by atoms with E-state index in [2.05, 4.69) is 16.1 Å². The van der Waals surface area contributed by atoms with Gasteiger partial charge < -0.3 is 9.47 Å². The van der Waals surface area contributed by atoms with Gasteiger partial charge in [-0.25, -0.2) is 4.79 Å². The lowest BCUT2D eigenvalue weighted by atomic mass is 9.89. The summed E-state index contributed by atoms with van der Waals surface area (Å²) in [6, 6.07) is 4.79. The molecule has 2 amide bonds. The van der Waals surface area contributed by atoms with Gasteiger partial charge in [-0.2, -0.15) is 0 Å². The van der Waals surface area contributed by atoms with E-state index in [-0.39, 0.29) is 30.5 Å². The summed E-state index contributed by atoms with van der Waals surface area (Å²) in [5, 5.41) is 11.6. The molecule has 1 aliphatic rings. The van der Waals surface area contributed by atoms with Crippen molar-refractivity contribution in [1.29, 1.82) is 0 Å². The first-order valence-corrected chi connectivity index (χ1v) is 8.68. The number of esters is 2. The maximum atomic E-state index is 12.4. The molecule has 0 bridgehead atoms. The number of nitrogens with zero attached hydrogens (tertiary/aromatic N) is 2. The van der Waals surface area contributed by atoms with Crippen molar-refractivity contribution < 1.29 is 33.6 Å². The minimum absolute atomic E-state index is 0.0407. The molecule has 0 spiro atoms. The van der Waals surface area contributed by atoms with Crippen LogP contribution in [0.3, 0.4) is 0 Å². The summed E-state index contributed by atoms with van der Waals surface area (Å²) in [5.41, 5.74) is 0.145. The monoisotopic (exact) mass is 404 g/mol. The number of hydrogen-bond acceptors (Lipinski definition) is 8. The van der Waals surface area contributed by atoms with E-state index >= 15 is 0 Å². The van der Waals surface area contributed by atoms with Gasteiger partial charge in [0.1, 0.15) is 0 Å². The standard InChI is InChI=1S/C19H20N2O8/c1-11(18(24)28-2)15(19(25)29-3)14(21(26)27)9-6-10-20-16(22)12-7-4-5-8-13(12)17(20)23/h4-5,7-8,14-15H,1,6,9-10H2,2-3H3. The van der Waals surface area contributed by atoms with Gasteiger partial charge in [0.15, 0.2) is 5.92 Å². The SMILES string of the molecule is C=C(C(=O)OC)C(C(=O)OC)C(CCCN1C(=O)c2ccccc2C1=O)[N+](=O)[O-]. The highest BCUT2D eigenvalue weighted by Gasteiger charge is 2.43. The van der Waals surface area contributed by atoms with Gasteiger partial charge >= 0.3 is 11.9 Å². The molecule has 1 heterocycles. The number of nitro groups is 1. The summed E-state index contributed by atoms with van der Waals surface area (Å²) in [6.45, 7) is 3.36. The van der Waals surface area contributed by atoms with Crippen molar-refractivity contribution in [2.24, 2.45) is 5.92 Å². The summed E-state index contributed by atoms with van der Waals surface area (Å²) in [6.07, 6.45) is -0.157. The zero-order chi connectivity index (χ0) is 21.7. The lowest BCUT2D eigenvalue weighted by Crippen LogP contribution is -2.39. The molecule has 10 heteroatoms. The summed E-state index contributed by atoms with van der Waals surface area (Å²) in [5.74, 6) is -4.47. The molecule has 1 aromatic rings. The predicted molar refractivity (Wildman–Crippen MR) is 98.5 cm³/mol. The number of rotatable bonds is 9. The van der Waals surface area contributed by atoms with Crippen molar-refractivity contribution in [3.8, 4) is 0 Å². The number of benzene rings is 1. The molecular weight excluding hydrogens is 384 g/mol. The second kappa shape index (κ2) is 9.09. The molecule has 1 aromatic carbocycles. The Morgan fingerprint density at radius 2 is 1.69 bits per heavy atom. The normalized spacial score (nSPS) is 14.8. The molecule has 0 aromatic heterocycles. The van der Waals surface area contributed by atoms with Crippen LogP contribution >= 0.6 is 0 Å². The number of methoxy groups -OCH3 is 2. The number of imide groups is 1. The van der Waals surface area contributed by atoms with Crippen molar-refractivity contribution in [1.82, 2.24) is 4.90 Å². The van der Waals surface area contributed by atoms with Crippen LogP contribution in [0, 0.1) is 16.0 Å². The third kappa shape index (κ3) is 4.31. The number of hydrogen-bond donors (Lipinski definition) is 0. The highest BCUT2D eigenvalue weighted by atomic mass is 16.6. The maximum Gasteiger partial charge on any atom is 0.334 e. The Morgan fingerprint density at radius 1 is 1.14 bits per heavy atom. The molecule has 0 radical (unpaired) electrons. The van der Waals surface area contributed by atoms with Crippen LogP contribution in [0.2, 0.25) is 0 Å². The predicted octanol–water partition coefficient (Wildman–Crippen LogP) is 1.23. The van der Waals surface area contributed by atoms with Gasteiger partial charge in [0.25, 0.3) is 11.8 Å². The minimum atomic E-state index is -1.55. The van der Waals surface area contributed by atoms with Gasteiger partial charge in [0, 0.05) is 17.9 Å². The Morgan fingerprint density at radius 3 is 2.14 bits per heavy atom. The van der Waals surface area contributed by atoms with Gasteiger partial charge in [-0.1, -0.05) is 18.7 Å². The second-order valence-corrected chi connectivity index (χ2v) is 6.32. The average Bonchev–Trinajstić information content (AvgIpc) is 2.96. The molecule has 154 valence electrons. The molecule has 2 rings (SSSR count). The molecule has 0 aliphatic carbocycles. The Balaban J connectivity index is 2.13. The van der Waals surface area contributed by atoms with Crippen LogP contribution in [-0.4, -0.2) is 60.4 Å². The van der Waals surface area contributed by atoms with E-state index in [0.717, 1.165) is 19.1 Å². The molecule has 2 unspecified atom stereocenters. The van der Waals surface area contributed by atoms with Crippen LogP contribution in [-0.2, 0) is 19.1 Å². The van der Waals surface area contributed by atoms with Gasteiger partial charge in [-0.05, 0) is 18.6 Å². The number of carbonyl (C=O) groups excluding carboxylic acids is 4. The Bertz CT molecular complexity index is 844. The van der Waals surface area contributed by atoms with Crippen molar-refractivity contribution in [3.05, 3.63) is 57.7 Å². The van der Waals surface area contributed by atoms with E-state index in [1.165, 1.54) is 12.1 Å². The van der Waals surface area contributed by atoms with Gasteiger partial charge in [-0.15, -0.1) is 0 Å². The molecule has 1 aliphatic heterocycles. The highest BCUT2D eigenvalue weighted by Crippen LogP contribution is 2.26. The van der Waals surface area contributed by atoms with E-state index in [9.17, 15) is 29.3 Å². The van der Waals surface area contributed by atoms with E-state index < -0.39 is 46.2 Å². The lowest BCUT2D eigenvalue weighted by molar-refractivity contribution is -0.528. The van der Waals surface area contributed by atoms with Crippen LogP contribution in [0.4, 0.5) is 0 Å². The Kier molecular flexibility index (Phi) is 6.81. The van der Waals surface area contributed by atoms with Gasteiger partial charge in [-0.3, -0.25) is 29.4 Å². The highest BCUT2D eigenvalue weighted by molar-refractivity contribution is 6.21. The first-order chi connectivity index (χ1) is 13.7. The van der Waals surface area contributed by atoms with E-state index in [1.54, 1.807) is 12.1 Å². The number of amides is 2. The number of fused-ring (bicyclic) bond motifs is 1. The molecule has 0 N–H and O–H groups in total. The average molecular weight is 404 g/mol. The van der Waals surface area contributed by atoms with Crippen LogP contribution < -0.4 is 0 Å². The van der Waals surface area contributed by atoms with Gasteiger partial charge in [0.2, 0.25) is 6.04 Å². The number of carbonyl (C=O) groups is 4. The Hall–Kier alpha value is -3.56. The summed E-state index contributed by atoms with van der Waals surface area (Å²) in [4.78, 5) is 60.4. The third-order valence-corrected chi connectivity index (χ3v) is 4.69. The smallest absolute Gasteiger partial charge is 0.334 e. The van der Waals surface area contributed by atoms with Gasteiger partial charge in [0.05, 0.1) is 30.9 Å². The topological polar surface area (TPSA) is 133 Å². The minimum Gasteiger partial charge on any atom is -0.468 e. The quantitative estimate of drug-likeness (QED) is 0.197. The molecule has 10 nitrogen and oxygen atoms in total. The molecule has 0 fully saturated rings. The number of ether oxygens (including phenoxy) is 2. The second-order valence-electron chi connectivity index (χ2n) is 6.32. The van der Waals surface area contributed by atoms with Crippen LogP contribution in [0.1, 0.15) is 33.6 Å². The van der Waals surface area contributed by atoms with E-state index in [4.69, 9.17) is 0 Å². The summed E-state index contributed by atoms with van der Waals surface area (Å²) >= 11 is 0. The molecule has 29 heavy (non-hydrogen) atoms. The first-order valence-electron chi connectivity index (χ1n) is 8.68. The maximum absolute atomic E-state index is 12.4. The third-order valence-electron chi connectivity index (χ3n) is 4.69. The van der Waals surface area contributed by atoms with Crippen LogP contribution in [0.25, 0.3) is 0 Å². The van der Waals surface area contributed by atoms with Crippen molar-refractivity contribution in [2.75, 3.05) is 20.8 Å². The molecule has 0 saturated heterocycles. The zero-order valence-corrected chi connectivity index (χ0v) is 16.0. The van der Waals surface area contributed by atoms with Crippen molar-refractivity contribution in [3.63, 3.8) is 0 Å². The Labute approximate surface area is 166 Å². The lowest BCUT2D eigenvalue weighted by Gasteiger charge is -2.20. The first kappa shape index (κ1) is 21.7. The zero-order valence-electron chi connectivity index (χ0n) is 16.0. The van der Waals surface area contributed by atoms with Crippen LogP contribution in [0.15, 0.2) is 36.4 Å². The summed E-state index contributed by atoms with van der Waals surface area (Å²) < 4.78 is 9.09. The molecular formula is C19H20N2O8. The fraction of sp³-hybridized carbons (Fsp3) is 0.368. The molecule has 2 atom stereocenters. The van der Waals surface area contributed by atoms with E-state index in [1.807, 2.05) is 0 Å². The largest absolute Gasteiger partial charge is 0.468 e. The molecule has 0 saturated carbocycles. The van der Waals surface area contributed by atoms with E-state index in [0.29, 0.717) is 0 Å². The fourth-order valence-corrected chi connectivity index (χ4v) is 3.21.